The molecule has 3 aromatic rings. The molecule has 3 heterocycles. The predicted molar refractivity (Wildman–Crippen MR) is 149 cm³/mol. The summed E-state index contributed by atoms with van der Waals surface area (Å²) in [5.74, 6) is -0.138. The van der Waals surface area contributed by atoms with Crippen molar-refractivity contribution in [2.45, 2.75) is 24.7 Å². The number of hydrogen-bond donors (Lipinski definition) is 1. The quantitative estimate of drug-likeness (QED) is 0.339. The molecular formula is C28H28F4N4O4S. The summed E-state index contributed by atoms with van der Waals surface area (Å²) in [6.07, 6.45) is -5.05. The van der Waals surface area contributed by atoms with Gasteiger partial charge in [0.05, 0.1) is 54.5 Å². The van der Waals surface area contributed by atoms with Crippen LogP contribution < -0.4 is 19.3 Å². The molecule has 2 aliphatic rings. The lowest BCUT2D eigenvalue weighted by Gasteiger charge is -2.47. The highest BCUT2D eigenvalue weighted by Crippen LogP contribution is 2.47. The molecule has 13 heteroatoms. The molecular weight excluding hydrogens is 564 g/mol. The van der Waals surface area contributed by atoms with Crippen LogP contribution in [0.2, 0.25) is 0 Å². The summed E-state index contributed by atoms with van der Waals surface area (Å²) in [5, 5.41) is 11.6. The van der Waals surface area contributed by atoms with Gasteiger partial charge in [0.1, 0.15) is 18.2 Å². The second kappa shape index (κ2) is 11.5. The number of hydrogen-bond acceptors (Lipinski definition) is 8. The Morgan fingerprint density at radius 1 is 1.12 bits per heavy atom. The number of rotatable bonds is 7. The molecule has 1 fully saturated rings. The summed E-state index contributed by atoms with van der Waals surface area (Å²) >= 11 is 1.28. The third-order valence-electron chi connectivity index (χ3n) is 7.19. The van der Waals surface area contributed by atoms with Crippen LogP contribution in [0.15, 0.2) is 58.9 Å². The minimum Gasteiger partial charge on any atom is -0.497 e. The maximum atomic E-state index is 14.5. The summed E-state index contributed by atoms with van der Waals surface area (Å²) in [7, 11) is 2.88. The number of alkyl halides is 4. The highest BCUT2D eigenvalue weighted by atomic mass is 32.1. The molecule has 1 aromatic heterocycles. The van der Waals surface area contributed by atoms with Gasteiger partial charge in [-0.15, -0.1) is 11.3 Å². The molecule has 0 aliphatic carbocycles. The first kappa shape index (κ1) is 28.5. The van der Waals surface area contributed by atoms with Crippen LogP contribution in [0.4, 0.5) is 34.6 Å². The topological polar surface area (TPSA) is 77.8 Å². The van der Waals surface area contributed by atoms with E-state index in [0.717, 1.165) is 17.8 Å². The molecule has 2 aliphatic heterocycles. The molecule has 2 atom stereocenters. The van der Waals surface area contributed by atoms with E-state index >= 15 is 0 Å². The van der Waals surface area contributed by atoms with Crippen molar-refractivity contribution < 1.29 is 36.9 Å². The van der Waals surface area contributed by atoms with Gasteiger partial charge in [-0.1, -0.05) is 6.07 Å². The smallest absolute Gasteiger partial charge is 0.416 e. The molecule has 1 N–H and O–H groups in total. The second-order valence-electron chi connectivity index (χ2n) is 9.60. The van der Waals surface area contributed by atoms with Gasteiger partial charge in [-0.2, -0.15) is 13.2 Å². The number of guanidine groups is 1. The van der Waals surface area contributed by atoms with Crippen molar-refractivity contribution in [1.29, 1.82) is 0 Å². The van der Waals surface area contributed by atoms with Gasteiger partial charge < -0.3 is 24.4 Å². The number of carboxylic acid groups (broad SMARTS) is 1. The fraction of sp³-hybridized carbons (Fsp3) is 0.357. The Morgan fingerprint density at radius 3 is 2.61 bits per heavy atom. The molecule has 0 saturated carbocycles. The molecule has 41 heavy (non-hydrogen) atoms. The number of anilines is 2. The maximum absolute atomic E-state index is 14.5. The lowest BCUT2D eigenvalue weighted by Crippen LogP contribution is -2.59. The number of nitrogens with zero attached hydrogens (tertiary/aromatic N) is 4. The molecule has 0 radical (unpaired) electrons. The van der Waals surface area contributed by atoms with Crippen molar-refractivity contribution >= 4 is 40.3 Å². The number of benzene rings is 2. The number of carbonyl (C=O) groups is 1. The van der Waals surface area contributed by atoms with Gasteiger partial charge in [0.15, 0.2) is 0 Å². The van der Waals surface area contributed by atoms with Gasteiger partial charge in [-0.3, -0.25) is 9.69 Å². The van der Waals surface area contributed by atoms with E-state index in [1.54, 1.807) is 29.5 Å². The van der Waals surface area contributed by atoms with Crippen LogP contribution in [0.25, 0.3) is 0 Å². The summed E-state index contributed by atoms with van der Waals surface area (Å²) in [5.41, 5.74) is 0.421. The molecule has 218 valence electrons. The first-order valence-corrected chi connectivity index (χ1v) is 13.7. The first-order chi connectivity index (χ1) is 19.6. The maximum Gasteiger partial charge on any atom is 0.416 e. The molecule has 0 bridgehead atoms. The Hall–Kier alpha value is -4.00. The minimum atomic E-state index is -4.65. The van der Waals surface area contributed by atoms with Crippen LogP contribution in [0, 0.1) is 0 Å². The summed E-state index contributed by atoms with van der Waals surface area (Å²) in [6, 6.07) is 10.6. The average molecular weight is 593 g/mol. The van der Waals surface area contributed by atoms with Gasteiger partial charge >= 0.3 is 12.1 Å². The number of ether oxygens (including phenoxy) is 2. The Balaban J connectivity index is 1.59. The van der Waals surface area contributed by atoms with E-state index in [0.29, 0.717) is 29.4 Å². The minimum absolute atomic E-state index is 0.0263. The van der Waals surface area contributed by atoms with Crippen LogP contribution in [0.3, 0.4) is 0 Å². The first-order valence-electron chi connectivity index (χ1n) is 12.8. The van der Waals surface area contributed by atoms with Crippen molar-refractivity contribution in [3.05, 3.63) is 64.4 Å². The van der Waals surface area contributed by atoms with Crippen LogP contribution >= 0.6 is 11.3 Å². The van der Waals surface area contributed by atoms with Gasteiger partial charge in [0.25, 0.3) is 0 Å². The highest BCUT2D eigenvalue weighted by Gasteiger charge is 2.41. The number of methoxy groups -OCH3 is 2. The number of fused-ring (bicyclic) bond motifs is 1. The van der Waals surface area contributed by atoms with Crippen molar-refractivity contribution in [2.75, 3.05) is 50.3 Å². The van der Waals surface area contributed by atoms with Gasteiger partial charge in [0, 0.05) is 31.4 Å². The average Bonchev–Trinajstić information content (AvgIpc) is 3.44. The van der Waals surface area contributed by atoms with E-state index in [2.05, 4.69) is 0 Å². The molecule has 5 rings (SSSR count). The molecule has 0 unspecified atom stereocenters. The Bertz CT molecular complexity index is 1450. The number of piperazine rings is 1. The number of thiophene rings is 1. The second-order valence-corrected chi connectivity index (χ2v) is 10.5. The van der Waals surface area contributed by atoms with Crippen molar-refractivity contribution in [3.8, 4) is 11.5 Å². The van der Waals surface area contributed by atoms with Crippen molar-refractivity contribution in [1.82, 2.24) is 4.90 Å². The third kappa shape index (κ3) is 5.63. The Kier molecular flexibility index (Phi) is 7.98. The van der Waals surface area contributed by atoms with Gasteiger partial charge in [0.2, 0.25) is 5.96 Å². The zero-order valence-electron chi connectivity index (χ0n) is 22.3. The summed E-state index contributed by atoms with van der Waals surface area (Å²) in [4.78, 5) is 22.7. The van der Waals surface area contributed by atoms with E-state index in [1.807, 2.05) is 23.1 Å². The Labute approximate surface area is 238 Å². The zero-order valence-corrected chi connectivity index (χ0v) is 23.1. The van der Waals surface area contributed by atoms with E-state index in [9.17, 15) is 27.5 Å². The van der Waals surface area contributed by atoms with Gasteiger partial charge in [-0.05, 0) is 41.8 Å². The number of carboxylic acids is 1. The lowest BCUT2D eigenvalue weighted by atomic mass is 10.0. The van der Waals surface area contributed by atoms with Crippen LogP contribution in [-0.2, 0) is 11.0 Å². The fourth-order valence-electron chi connectivity index (χ4n) is 5.27. The lowest BCUT2D eigenvalue weighted by molar-refractivity contribution is -0.138. The molecule has 0 amide bonds. The van der Waals surface area contributed by atoms with E-state index in [4.69, 9.17) is 14.5 Å². The normalized spacial score (nSPS) is 19.1. The SMILES string of the molecule is COc1cccc(N2CCN(C3=Nc4ccsc4[C@@H](CC(=O)O)N3c3cc(C(F)(F)F)ccc3OC)C[C@H]2CF)c1. The van der Waals surface area contributed by atoms with E-state index < -0.39 is 42.9 Å². The fourth-order valence-corrected chi connectivity index (χ4v) is 6.20. The molecule has 0 spiro atoms. The monoisotopic (exact) mass is 592 g/mol. The largest absolute Gasteiger partial charge is 0.497 e. The number of aliphatic carboxylic acids is 1. The number of halogens is 4. The van der Waals surface area contributed by atoms with Crippen molar-refractivity contribution in [3.63, 3.8) is 0 Å². The Morgan fingerprint density at radius 2 is 1.93 bits per heavy atom. The van der Waals surface area contributed by atoms with Crippen LogP contribution in [0.1, 0.15) is 22.9 Å². The van der Waals surface area contributed by atoms with Crippen molar-refractivity contribution in [2.24, 2.45) is 4.99 Å². The third-order valence-corrected chi connectivity index (χ3v) is 8.19. The number of aliphatic imine (C=N–C) groups is 1. The highest BCUT2D eigenvalue weighted by molar-refractivity contribution is 7.10. The van der Waals surface area contributed by atoms with E-state index in [1.165, 1.54) is 29.4 Å². The van der Waals surface area contributed by atoms with Gasteiger partial charge in [-0.25, -0.2) is 9.38 Å². The standard InChI is InChI=1S/C28H28F4N4O4S/c1-39-20-5-3-4-18(13-20)35-10-9-34(16-19(35)15-29)27-33-21-8-11-41-26(21)23(14-25(37)38)36(27)22-12-17(28(30,31)32)6-7-24(22)40-2/h3-8,11-13,19,23H,9-10,14-16H2,1-2H3,(H,37,38)/t19-,23-/m1/s1. The molecule has 8 nitrogen and oxygen atoms in total. The predicted octanol–water partition coefficient (Wildman–Crippen LogP) is 5.97. The van der Waals surface area contributed by atoms with Crippen LogP contribution in [0.5, 0.6) is 11.5 Å². The summed E-state index contributed by atoms with van der Waals surface area (Å²) in [6.45, 7) is 0.192. The van der Waals surface area contributed by atoms with Crippen LogP contribution in [-0.4, -0.2) is 68.5 Å². The van der Waals surface area contributed by atoms with E-state index in [-0.39, 0.29) is 23.9 Å². The molecule has 2 aromatic carbocycles. The zero-order chi connectivity index (χ0) is 29.3. The summed E-state index contributed by atoms with van der Waals surface area (Å²) < 4.78 is 66.8. The molecule has 1 saturated heterocycles.